The molecule has 4 nitrogen and oxygen atoms in total. The number of aromatic carboxylic acids is 1. The molecule has 0 radical (unpaired) electrons. The van der Waals surface area contributed by atoms with E-state index in [0.29, 0.717) is 11.5 Å². The van der Waals surface area contributed by atoms with Gasteiger partial charge < -0.3 is 14.6 Å². The minimum atomic E-state index is -1.08. The molecule has 0 aliphatic heterocycles. The molecule has 1 saturated carbocycles. The van der Waals surface area contributed by atoms with E-state index in [9.17, 15) is 4.79 Å². The summed E-state index contributed by atoms with van der Waals surface area (Å²) in [5.41, 5.74) is 0.0206. The van der Waals surface area contributed by atoms with Gasteiger partial charge in [0.15, 0.2) is 11.5 Å². The highest BCUT2D eigenvalue weighted by Gasteiger charge is 2.20. The molecule has 18 heavy (non-hydrogen) atoms. The van der Waals surface area contributed by atoms with Crippen LogP contribution < -0.4 is 9.47 Å². The van der Waals surface area contributed by atoms with Crippen LogP contribution in [0.15, 0.2) is 12.1 Å². The molecule has 1 aliphatic rings. The third-order valence-corrected chi connectivity index (χ3v) is 3.39. The van der Waals surface area contributed by atoms with E-state index in [2.05, 4.69) is 0 Å². The quantitative estimate of drug-likeness (QED) is 0.911. The molecule has 0 bridgehead atoms. The van der Waals surface area contributed by atoms with Crippen molar-refractivity contribution in [2.24, 2.45) is 0 Å². The highest BCUT2D eigenvalue weighted by atomic mass is 35.5. The molecule has 0 spiro atoms. The van der Waals surface area contributed by atoms with Crippen molar-refractivity contribution in [1.82, 2.24) is 0 Å². The van der Waals surface area contributed by atoms with E-state index in [-0.39, 0.29) is 16.7 Å². The van der Waals surface area contributed by atoms with Gasteiger partial charge in [0.2, 0.25) is 0 Å². The Kier molecular flexibility index (Phi) is 3.97. The van der Waals surface area contributed by atoms with Crippen LogP contribution in [0.3, 0.4) is 0 Å². The lowest BCUT2D eigenvalue weighted by Gasteiger charge is -2.16. The molecule has 98 valence electrons. The smallest absolute Gasteiger partial charge is 0.337 e. The fraction of sp³-hybridized carbons (Fsp3) is 0.462. The van der Waals surface area contributed by atoms with Crippen LogP contribution in [0.25, 0.3) is 0 Å². The summed E-state index contributed by atoms with van der Waals surface area (Å²) in [4.78, 5) is 11.0. The zero-order valence-corrected chi connectivity index (χ0v) is 10.9. The summed E-state index contributed by atoms with van der Waals surface area (Å²) >= 11 is 5.92. The number of hydrogen-bond acceptors (Lipinski definition) is 3. The summed E-state index contributed by atoms with van der Waals surface area (Å²) in [5.74, 6) is -0.159. The largest absolute Gasteiger partial charge is 0.493 e. The minimum Gasteiger partial charge on any atom is -0.493 e. The van der Waals surface area contributed by atoms with Crippen molar-refractivity contribution in [2.45, 2.75) is 31.8 Å². The lowest BCUT2D eigenvalue weighted by molar-refractivity contribution is 0.0696. The van der Waals surface area contributed by atoms with Gasteiger partial charge in [-0.1, -0.05) is 11.6 Å². The van der Waals surface area contributed by atoms with Crippen LogP contribution in [-0.4, -0.2) is 24.3 Å². The molecule has 1 fully saturated rings. The van der Waals surface area contributed by atoms with Gasteiger partial charge in [-0.15, -0.1) is 0 Å². The monoisotopic (exact) mass is 270 g/mol. The second-order valence-corrected chi connectivity index (χ2v) is 4.72. The first kappa shape index (κ1) is 13.0. The summed E-state index contributed by atoms with van der Waals surface area (Å²) in [7, 11) is 1.48. The standard InChI is InChI=1S/C13H15ClO4/c1-17-11-6-9(13(15)16)10(14)7-12(11)18-8-4-2-3-5-8/h6-8H,2-5H2,1H3,(H,15,16). The first-order valence-corrected chi connectivity index (χ1v) is 6.27. The predicted molar refractivity (Wildman–Crippen MR) is 67.8 cm³/mol. The molecule has 5 heteroatoms. The maximum absolute atomic E-state index is 11.0. The van der Waals surface area contributed by atoms with Gasteiger partial charge in [0.25, 0.3) is 0 Å². The molecule has 0 unspecified atom stereocenters. The molecule has 1 aliphatic carbocycles. The van der Waals surface area contributed by atoms with Gasteiger partial charge in [-0.05, 0) is 31.7 Å². The Morgan fingerprint density at radius 3 is 2.56 bits per heavy atom. The average Bonchev–Trinajstić information content (AvgIpc) is 2.81. The molecule has 0 aromatic heterocycles. The molecular weight excluding hydrogens is 256 g/mol. The van der Waals surface area contributed by atoms with E-state index in [0.717, 1.165) is 25.7 Å². The number of carboxylic acid groups (broad SMARTS) is 1. The fourth-order valence-corrected chi connectivity index (χ4v) is 2.37. The molecule has 0 atom stereocenters. The Labute approximate surface area is 110 Å². The first-order chi connectivity index (χ1) is 8.61. The third kappa shape index (κ3) is 2.70. The predicted octanol–water partition coefficient (Wildman–Crippen LogP) is 3.37. The molecule has 1 aromatic carbocycles. The van der Waals surface area contributed by atoms with Crippen molar-refractivity contribution < 1.29 is 19.4 Å². The Morgan fingerprint density at radius 2 is 2.00 bits per heavy atom. The Morgan fingerprint density at radius 1 is 1.33 bits per heavy atom. The van der Waals surface area contributed by atoms with Crippen molar-refractivity contribution in [3.63, 3.8) is 0 Å². The number of carboxylic acids is 1. The summed E-state index contributed by atoms with van der Waals surface area (Å²) in [6.45, 7) is 0. The number of benzene rings is 1. The van der Waals surface area contributed by atoms with Crippen LogP contribution in [0.1, 0.15) is 36.0 Å². The van der Waals surface area contributed by atoms with Gasteiger partial charge in [0.1, 0.15) is 0 Å². The molecule has 1 aromatic rings. The Balaban J connectivity index is 2.28. The summed E-state index contributed by atoms with van der Waals surface area (Å²) in [6, 6.07) is 2.91. The maximum atomic E-state index is 11.0. The van der Waals surface area contributed by atoms with Gasteiger partial charge in [-0.2, -0.15) is 0 Å². The zero-order valence-electron chi connectivity index (χ0n) is 10.1. The van der Waals surface area contributed by atoms with E-state index in [4.69, 9.17) is 26.2 Å². The molecular formula is C13H15ClO4. The highest BCUT2D eigenvalue weighted by molar-refractivity contribution is 6.33. The second-order valence-electron chi connectivity index (χ2n) is 4.31. The lowest BCUT2D eigenvalue weighted by Crippen LogP contribution is -2.12. The normalized spacial score (nSPS) is 15.7. The van der Waals surface area contributed by atoms with Crippen LogP contribution in [-0.2, 0) is 0 Å². The summed E-state index contributed by atoms with van der Waals surface area (Å²) < 4.78 is 11.0. The average molecular weight is 271 g/mol. The maximum Gasteiger partial charge on any atom is 0.337 e. The van der Waals surface area contributed by atoms with Crippen LogP contribution in [0, 0.1) is 0 Å². The van der Waals surface area contributed by atoms with E-state index >= 15 is 0 Å². The van der Waals surface area contributed by atoms with Crippen molar-refractivity contribution in [3.8, 4) is 11.5 Å². The van der Waals surface area contributed by atoms with Crippen molar-refractivity contribution >= 4 is 17.6 Å². The first-order valence-electron chi connectivity index (χ1n) is 5.89. The van der Waals surface area contributed by atoms with E-state index in [1.54, 1.807) is 0 Å². The number of methoxy groups -OCH3 is 1. The third-order valence-electron chi connectivity index (χ3n) is 3.08. The van der Waals surface area contributed by atoms with E-state index in [1.807, 2.05) is 0 Å². The Bertz CT molecular complexity index is 453. The fourth-order valence-electron chi connectivity index (χ4n) is 2.14. The van der Waals surface area contributed by atoms with Crippen molar-refractivity contribution in [3.05, 3.63) is 22.7 Å². The minimum absolute atomic E-state index is 0.0206. The molecule has 0 saturated heterocycles. The van der Waals surface area contributed by atoms with Gasteiger partial charge in [-0.25, -0.2) is 4.79 Å². The van der Waals surface area contributed by atoms with Crippen molar-refractivity contribution in [2.75, 3.05) is 7.11 Å². The topological polar surface area (TPSA) is 55.8 Å². The molecule has 0 amide bonds. The number of carbonyl (C=O) groups is 1. The van der Waals surface area contributed by atoms with Gasteiger partial charge in [0, 0.05) is 6.07 Å². The van der Waals surface area contributed by atoms with Crippen molar-refractivity contribution in [1.29, 1.82) is 0 Å². The summed E-state index contributed by atoms with van der Waals surface area (Å²) in [6.07, 6.45) is 4.52. The van der Waals surface area contributed by atoms with Crippen LogP contribution in [0.4, 0.5) is 0 Å². The molecule has 0 heterocycles. The van der Waals surface area contributed by atoms with Gasteiger partial charge >= 0.3 is 5.97 Å². The van der Waals surface area contributed by atoms with Gasteiger partial charge in [0.05, 0.1) is 23.8 Å². The van der Waals surface area contributed by atoms with Crippen LogP contribution in [0.2, 0.25) is 5.02 Å². The Hall–Kier alpha value is -1.42. The zero-order chi connectivity index (χ0) is 13.1. The SMILES string of the molecule is COc1cc(C(=O)O)c(Cl)cc1OC1CCCC1. The number of hydrogen-bond donors (Lipinski definition) is 1. The van der Waals surface area contributed by atoms with Crippen LogP contribution >= 0.6 is 11.6 Å². The molecule has 2 rings (SSSR count). The number of rotatable bonds is 4. The number of halogens is 1. The summed E-state index contributed by atoms with van der Waals surface area (Å²) in [5, 5.41) is 9.14. The van der Waals surface area contributed by atoms with E-state index < -0.39 is 5.97 Å². The number of ether oxygens (including phenoxy) is 2. The molecule has 1 N–H and O–H groups in total. The van der Waals surface area contributed by atoms with Gasteiger partial charge in [-0.3, -0.25) is 0 Å². The lowest BCUT2D eigenvalue weighted by atomic mass is 10.2. The van der Waals surface area contributed by atoms with Crippen LogP contribution in [0.5, 0.6) is 11.5 Å². The second kappa shape index (κ2) is 5.48. The highest BCUT2D eigenvalue weighted by Crippen LogP contribution is 2.36. The van der Waals surface area contributed by atoms with E-state index in [1.165, 1.54) is 19.2 Å².